The van der Waals surface area contributed by atoms with E-state index >= 15 is 0 Å². The third-order valence-electron chi connectivity index (χ3n) is 5.06. The fourth-order valence-corrected chi connectivity index (χ4v) is 2.99. The van der Waals surface area contributed by atoms with Crippen molar-refractivity contribution >= 4 is 23.8 Å². The molecule has 40 heavy (non-hydrogen) atoms. The summed E-state index contributed by atoms with van der Waals surface area (Å²) in [5.74, 6) is 0.638. The van der Waals surface area contributed by atoms with Crippen LogP contribution < -0.4 is 11.9 Å². The molecule has 2 aliphatic heterocycles. The van der Waals surface area contributed by atoms with Gasteiger partial charge in [0.25, 0.3) is 0 Å². The second-order valence-corrected chi connectivity index (χ2v) is 10.9. The molecule has 2 amide bonds. The summed E-state index contributed by atoms with van der Waals surface area (Å²) in [6.07, 6.45) is 1.01. The molecule has 0 atom stereocenters. The zero-order valence-electron chi connectivity index (χ0n) is 24.2. The third kappa shape index (κ3) is 13.7. The first kappa shape index (κ1) is 38.8. The number of hydrogen-bond acceptors (Lipinski definition) is 11. The smallest absolute Gasteiger partial charge is 0.410 e. The summed E-state index contributed by atoms with van der Waals surface area (Å²) in [6, 6.07) is 0. The molecule has 0 radical (unpaired) electrons. The van der Waals surface area contributed by atoms with Crippen molar-refractivity contribution < 1.29 is 44.7 Å². The van der Waals surface area contributed by atoms with E-state index in [9.17, 15) is 14.4 Å². The molecule has 1 aromatic heterocycles. The van der Waals surface area contributed by atoms with Gasteiger partial charge in [-0.15, -0.1) is 0 Å². The van der Waals surface area contributed by atoms with E-state index in [2.05, 4.69) is 9.97 Å². The first-order valence-corrected chi connectivity index (χ1v) is 12.2. The number of ketones is 1. The van der Waals surface area contributed by atoms with Crippen molar-refractivity contribution in [1.82, 2.24) is 25.9 Å². The van der Waals surface area contributed by atoms with E-state index in [0.29, 0.717) is 31.9 Å². The van der Waals surface area contributed by atoms with Crippen LogP contribution in [0.5, 0.6) is 0 Å². The molecule has 0 aliphatic carbocycles. The molecule has 2 fully saturated rings. The van der Waals surface area contributed by atoms with Gasteiger partial charge in [-0.25, -0.2) is 14.6 Å². The largest absolute Gasteiger partial charge is 0.444 e. The fraction of sp³-hybridized carbons (Fsp3) is 0.708. The number of carbonyl (C=O) groups excluding carboxylic acids is 3. The summed E-state index contributed by atoms with van der Waals surface area (Å²) in [6.45, 7) is 12.1. The highest BCUT2D eigenvalue weighted by molar-refractivity contribution is 5.83. The number of Topliss-reactive ketones (excluding diaryl/α,β-unsaturated/α-hetero) is 1. The first-order chi connectivity index (χ1) is 17.5. The van der Waals surface area contributed by atoms with Gasteiger partial charge in [-0.2, -0.15) is 0 Å². The van der Waals surface area contributed by atoms with E-state index < -0.39 is 30.2 Å². The van der Waals surface area contributed by atoms with E-state index in [0.717, 1.165) is 5.82 Å². The molecule has 0 saturated carbocycles. The quantitative estimate of drug-likeness (QED) is 0.179. The number of ether oxygens (including phenoxy) is 2. The monoisotopic (exact) mass is 577 g/mol. The van der Waals surface area contributed by atoms with Crippen LogP contribution in [0.15, 0.2) is 6.20 Å². The molecule has 2 saturated heterocycles. The lowest BCUT2D eigenvalue weighted by atomic mass is 10.00. The van der Waals surface area contributed by atoms with Gasteiger partial charge in [-0.1, -0.05) is 0 Å². The Morgan fingerprint density at radius 1 is 0.975 bits per heavy atom. The van der Waals surface area contributed by atoms with Crippen LogP contribution in [0.25, 0.3) is 0 Å². The lowest BCUT2D eigenvalue weighted by Gasteiger charge is -2.38. The first-order valence-electron chi connectivity index (χ1n) is 12.2. The Hall–Kier alpha value is -3.31. The van der Waals surface area contributed by atoms with Crippen molar-refractivity contribution in [3.8, 4) is 0 Å². The average Bonchev–Trinajstić information content (AvgIpc) is 3.17. The number of amidine groups is 1. The van der Waals surface area contributed by atoms with Crippen LogP contribution in [0.2, 0.25) is 0 Å². The number of amides is 2. The van der Waals surface area contributed by atoms with Crippen LogP contribution in [0.1, 0.15) is 59.0 Å². The maximum atomic E-state index is 11.7. The summed E-state index contributed by atoms with van der Waals surface area (Å²) in [5, 5.41) is 31.7. The van der Waals surface area contributed by atoms with Crippen molar-refractivity contribution in [2.75, 3.05) is 39.4 Å². The highest BCUT2D eigenvalue weighted by Crippen LogP contribution is 2.26. The number of rotatable bonds is 5. The fourth-order valence-electron chi connectivity index (χ4n) is 2.99. The highest BCUT2D eigenvalue weighted by atomic mass is 16.6. The number of carbonyl (C=O) groups is 3. The molecule has 16 heteroatoms. The van der Waals surface area contributed by atoms with Crippen LogP contribution in [-0.4, -0.2) is 115 Å². The number of likely N-dealkylation sites (tertiary alicyclic amines) is 2. The van der Waals surface area contributed by atoms with Gasteiger partial charge in [0.2, 0.25) is 0 Å². The van der Waals surface area contributed by atoms with E-state index in [1.54, 1.807) is 16.0 Å². The number of hydrogen-bond donors (Lipinski definition) is 7. The number of aliphatic hydroxyl groups is 3. The van der Waals surface area contributed by atoms with Crippen molar-refractivity contribution in [1.29, 1.82) is 5.41 Å². The van der Waals surface area contributed by atoms with Gasteiger partial charge in [0, 0.05) is 26.2 Å². The Bertz CT molecular complexity index is 939. The van der Waals surface area contributed by atoms with Gasteiger partial charge in [0.15, 0.2) is 5.78 Å². The molecule has 232 valence electrons. The number of nitrogens with two attached hydrogens (primary N) is 1. The van der Waals surface area contributed by atoms with Crippen LogP contribution in [-0.2, 0) is 20.9 Å². The molecule has 0 aromatic carbocycles. The number of nitrogens with one attached hydrogen (secondary N) is 2. The maximum absolute atomic E-state index is 11.7. The summed E-state index contributed by atoms with van der Waals surface area (Å²) < 4.78 is 10.4. The molecule has 1 aromatic rings. The van der Waals surface area contributed by atoms with Crippen LogP contribution in [0.4, 0.5) is 9.59 Å². The Labute approximate surface area is 234 Å². The molecule has 3 rings (SSSR count). The van der Waals surface area contributed by atoms with Crippen LogP contribution >= 0.6 is 0 Å². The lowest BCUT2D eigenvalue weighted by Crippen LogP contribution is -2.55. The van der Waals surface area contributed by atoms with E-state index in [1.165, 1.54) is 0 Å². The Morgan fingerprint density at radius 2 is 1.40 bits per heavy atom. The van der Waals surface area contributed by atoms with Crippen LogP contribution in [0.3, 0.4) is 0 Å². The van der Waals surface area contributed by atoms with Crippen molar-refractivity contribution in [3.63, 3.8) is 0 Å². The van der Waals surface area contributed by atoms with E-state index in [4.69, 9.17) is 35.9 Å². The van der Waals surface area contributed by atoms with E-state index in [-0.39, 0.29) is 48.1 Å². The molecule has 0 spiro atoms. The summed E-state index contributed by atoms with van der Waals surface area (Å²) >= 11 is 0. The second kappa shape index (κ2) is 16.7. The van der Waals surface area contributed by atoms with Crippen LogP contribution in [0, 0.1) is 11.3 Å². The number of nitrogens with zero attached hydrogens (tertiary/aromatic N) is 3. The summed E-state index contributed by atoms with van der Waals surface area (Å²) in [4.78, 5) is 43.2. The van der Waals surface area contributed by atoms with Gasteiger partial charge in [0.1, 0.15) is 30.2 Å². The molecule has 0 unspecified atom stereocenters. The summed E-state index contributed by atoms with van der Waals surface area (Å²) in [7, 11) is 0. The minimum absolute atomic E-state index is 0. The predicted octanol–water partition coefficient (Wildman–Crippen LogP) is -0.0970. The standard InChI is InChI=1S/C12H19N3O3.C9H17N3O2.C3H6O3.H3N.H2O/c1-12(2,3)18-11(17)15-5-8(6-15)10-13-4-9(7-16)14-10;1-9(2,3)14-8(13)12-4-6(5-12)7(10)11;4-1-3(6)2-5;;/h4,8,16H,5-7H2,1-3H3,(H,13,14);6H,4-5H2,1-3H3,(H3,10,11);4-5H,1-2H2;1H3;1H2. The summed E-state index contributed by atoms with van der Waals surface area (Å²) in [5.41, 5.74) is 5.07. The zero-order chi connectivity index (χ0) is 29.3. The molecule has 0 bridgehead atoms. The predicted molar refractivity (Wildman–Crippen MR) is 146 cm³/mol. The molecule has 16 nitrogen and oxygen atoms in total. The number of aromatic amines is 1. The minimum Gasteiger partial charge on any atom is -0.444 e. The van der Waals surface area contributed by atoms with Gasteiger partial charge in [0.05, 0.1) is 36.2 Å². The Kier molecular flexibility index (Phi) is 16.2. The Morgan fingerprint density at radius 3 is 1.70 bits per heavy atom. The normalized spacial score (nSPS) is 14.8. The van der Waals surface area contributed by atoms with Gasteiger partial charge in [-0.3, -0.25) is 10.2 Å². The molecule has 3 heterocycles. The lowest BCUT2D eigenvalue weighted by molar-refractivity contribution is -0.124. The van der Waals surface area contributed by atoms with Gasteiger partial charge >= 0.3 is 12.2 Å². The van der Waals surface area contributed by atoms with Crippen molar-refractivity contribution in [2.24, 2.45) is 11.7 Å². The van der Waals surface area contributed by atoms with Gasteiger partial charge in [-0.05, 0) is 41.5 Å². The Balaban J connectivity index is 0. The zero-order valence-corrected chi connectivity index (χ0v) is 24.2. The molecular weight excluding hydrogens is 530 g/mol. The van der Waals surface area contributed by atoms with Crippen molar-refractivity contribution in [3.05, 3.63) is 17.7 Å². The molecular formula is C24H47N7O9. The maximum Gasteiger partial charge on any atom is 0.410 e. The number of H-pyrrole nitrogens is 1. The molecule has 2 aliphatic rings. The van der Waals surface area contributed by atoms with Gasteiger partial charge < -0.3 is 56.9 Å². The van der Waals surface area contributed by atoms with E-state index in [1.807, 2.05) is 41.5 Å². The average molecular weight is 578 g/mol. The minimum atomic E-state index is -0.559. The topological polar surface area (TPSA) is 282 Å². The molecule has 12 N–H and O–H groups in total. The number of aliphatic hydroxyl groups excluding tert-OH is 3. The number of imidazole rings is 1. The van der Waals surface area contributed by atoms with Crippen molar-refractivity contribution in [2.45, 2.75) is 65.3 Å². The number of aromatic nitrogens is 2. The highest BCUT2D eigenvalue weighted by Gasteiger charge is 2.36. The SMILES string of the molecule is CC(C)(C)OC(=O)N1CC(C(=N)N)C1.CC(C)(C)OC(=O)N1CC(c2ncc(CO)[nH]2)C1.N.O.O=C(CO)CO. The second-order valence-electron chi connectivity index (χ2n) is 10.9. The third-order valence-corrected chi connectivity index (χ3v) is 5.06.